The molecule has 18 heavy (non-hydrogen) atoms. The first kappa shape index (κ1) is 15.3. The van der Waals surface area contributed by atoms with Crippen molar-refractivity contribution in [2.24, 2.45) is 11.7 Å². The number of rotatable bonds is 4. The number of carbonyl (C=O) groups is 1. The second-order valence-corrected chi connectivity index (χ2v) is 5.05. The summed E-state index contributed by atoms with van der Waals surface area (Å²) in [7, 11) is 0. The molecule has 1 aromatic carbocycles. The van der Waals surface area contributed by atoms with Crippen LogP contribution in [0.25, 0.3) is 0 Å². The Hall–Kier alpha value is -0.770. The van der Waals surface area contributed by atoms with Gasteiger partial charge in [-0.1, -0.05) is 17.7 Å². The van der Waals surface area contributed by atoms with E-state index in [2.05, 4.69) is 5.32 Å². The van der Waals surface area contributed by atoms with E-state index in [-0.39, 0.29) is 24.4 Å². The fourth-order valence-electron chi connectivity index (χ4n) is 1.95. The molecular weight excluding hydrogens is 271 g/mol. The Morgan fingerprint density at radius 2 is 2.22 bits per heavy atom. The van der Waals surface area contributed by atoms with Crippen LogP contribution in [-0.2, 0) is 0 Å². The van der Waals surface area contributed by atoms with Crippen LogP contribution in [0.3, 0.4) is 0 Å². The summed E-state index contributed by atoms with van der Waals surface area (Å²) in [6.07, 6.45) is 2.33. The van der Waals surface area contributed by atoms with E-state index in [1.54, 1.807) is 12.1 Å². The van der Waals surface area contributed by atoms with E-state index in [4.69, 9.17) is 17.3 Å². The highest BCUT2D eigenvalue weighted by Crippen LogP contribution is 2.32. The van der Waals surface area contributed by atoms with Gasteiger partial charge in [0.1, 0.15) is 0 Å². The maximum atomic E-state index is 12.1. The number of hydrogen-bond acceptors (Lipinski definition) is 2. The van der Waals surface area contributed by atoms with E-state index in [1.807, 2.05) is 13.0 Å². The average molecular weight is 289 g/mol. The summed E-state index contributed by atoms with van der Waals surface area (Å²) < 4.78 is 0. The van der Waals surface area contributed by atoms with Crippen molar-refractivity contribution in [2.75, 3.05) is 6.54 Å². The molecule has 3 nitrogen and oxygen atoms in total. The van der Waals surface area contributed by atoms with Crippen LogP contribution in [0.1, 0.15) is 28.8 Å². The lowest BCUT2D eigenvalue weighted by atomic mass is 10.1. The molecule has 0 spiro atoms. The summed E-state index contributed by atoms with van der Waals surface area (Å²) in [5.74, 6) is 0.482. The van der Waals surface area contributed by atoms with Gasteiger partial charge in [-0.05, 0) is 43.4 Å². The Labute approximate surface area is 118 Å². The Kier molecular flexibility index (Phi) is 5.45. The van der Waals surface area contributed by atoms with E-state index in [0.29, 0.717) is 23.0 Å². The van der Waals surface area contributed by atoms with Crippen LogP contribution in [0.5, 0.6) is 0 Å². The molecule has 1 saturated carbocycles. The molecule has 0 bridgehead atoms. The highest BCUT2D eigenvalue weighted by molar-refractivity contribution is 6.31. The van der Waals surface area contributed by atoms with Gasteiger partial charge in [0.25, 0.3) is 5.91 Å². The van der Waals surface area contributed by atoms with Gasteiger partial charge in [0.05, 0.1) is 0 Å². The van der Waals surface area contributed by atoms with E-state index >= 15 is 0 Å². The lowest BCUT2D eigenvalue weighted by Gasteiger charge is -2.17. The summed E-state index contributed by atoms with van der Waals surface area (Å²) >= 11 is 5.90. The quantitative estimate of drug-likeness (QED) is 0.895. The van der Waals surface area contributed by atoms with Crippen molar-refractivity contribution in [3.05, 3.63) is 34.3 Å². The minimum Gasteiger partial charge on any atom is -0.348 e. The van der Waals surface area contributed by atoms with Crippen LogP contribution in [0.2, 0.25) is 5.02 Å². The largest absolute Gasteiger partial charge is 0.348 e. The molecule has 0 saturated heterocycles. The van der Waals surface area contributed by atoms with Crippen LogP contribution >= 0.6 is 24.0 Å². The monoisotopic (exact) mass is 288 g/mol. The van der Waals surface area contributed by atoms with E-state index in [1.165, 1.54) is 0 Å². The van der Waals surface area contributed by atoms with Crippen molar-refractivity contribution in [1.29, 1.82) is 0 Å². The number of carbonyl (C=O) groups excluding carboxylic acids is 1. The van der Waals surface area contributed by atoms with Gasteiger partial charge in [-0.15, -0.1) is 12.4 Å². The predicted octanol–water partition coefficient (Wildman–Crippen LogP) is 2.54. The standard InChI is InChI=1S/C13H17ClN2O.ClH/c1-8-2-5-10(14)6-11(8)13(17)16-12(7-15)9-3-4-9;/h2,5-6,9,12H,3-4,7,15H2,1H3,(H,16,17);1H. The highest BCUT2D eigenvalue weighted by Gasteiger charge is 2.31. The Morgan fingerprint density at radius 1 is 1.56 bits per heavy atom. The third kappa shape index (κ3) is 3.61. The van der Waals surface area contributed by atoms with Gasteiger partial charge in [-0.2, -0.15) is 0 Å². The molecule has 1 unspecified atom stereocenters. The van der Waals surface area contributed by atoms with Crippen molar-refractivity contribution < 1.29 is 4.79 Å². The highest BCUT2D eigenvalue weighted by atomic mass is 35.5. The normalized spacial score (nSPS) is 15.7. The lowest BCUT2D eigenvalue weighted by molar-refractivity contribution is 0.0933. The van der Waals surface area contributed by atoms with Gasteiger partial charge in [0.15, 0.2) is 0 Å². The third-order valence-electron chi connectivity index (χ3n) is 3.21. The Bertz CT molecular complexity index is 433. The van der Waals surface area contributed by atoms with Gasteiger partial charge < -0.3 is 11.1 Å². The molecule has 0 radical (unpaired) electrons. The van der Waals surface area contributed by atoms with Crippen LogP contribution in [0.15, 0.2) is 18.2 Å². The smallest absolute Gasteiger partial charge is 0.251 e. The molecule has 2 rings (SSSR count). The topological polar surface area (TPSA) is 55.1 Å². The molecule has 0 aromatic heterocycles. The Morgan fingerprint density at radius 3 is 2.78 bits per heavy atom. The zero-order valence-corrected chi connectivity index (χ0v) is 11.9. The summed E-state index contributed by atoms with van der Waals surface area (Å²) in [5.41, 5.74) is 7.23. The molecule has 100 valence electrons. The van der Waals surface area contributed by atoms with Crippen LogP contribution in [-0.4, -0.2) is 18.5 Å². The van der Waals surface area contributed by atoms with Crippen molar-refractivity contribution in [3.63, 3.8) is 0 Å². The maximum Gasteiger partial charge on any atom is 0.251 e. The SMILES string of the molecule is Cc1ccc(Cl)cc1C(=O)NC(CN)C1CC1.Cl. The first-order valence-electron chi connectivity index (χ1n) is 5.89. The van der Waals surface area contributed by atoms with Gasteiger partial charge >= 0.3 is 0 Å². The van der Waals surface area contributed by atoms with Crippen molar-refractivity contribution in [1.82, 2.24) is 5.32 Å². The van der Waals surface area contributed by atoms with Gasteiger partial charge in [0.2, 0.25) is 0 Å². The number of amides is 1. The molecule has 0 heterocycles. The number of aryl methyl sites for hydroxylation is 1. The fraction of sp³-hybridized carbons (Fsp3) is 0.462. The molecule has 1 aliphatic carbocycles. The molecule has 1 amide bonds. The van der Waals surface area contributed by atoms with E-state index < -0.39 is 0 Å². The van der Waals surface area contributed by atoms with Crippen LogP contribution < -0.4 is 11.1 Å². The maximum absolute atomic E-state index is 12.1. The molecule has 1 aliphatic rings. The molecule has 1 aromatic rings. The summed E-state index contributed by atoms with van der Waals surface area (Å²) in [4.78, 5) is 12.1. The van der Waals surface area contributed by atoms with Crippen molar-refractivity contribution >= 4 is 29.9 Å². The predicted molar refractivity (Wildman–Crippen MR) is 76.5 cm³/mol. The fourth-order valence-corrected chi connectivity index (χ4v) is 2.12. The summed E-state index contributed by atoms with van der Waals surface area (Å²) in [5, 5.41) is 3.57. The minimum absolute atomic E-state index is 0. The van der Waals surface area contributed by atoms with Crippen LogP contribution in [0.4, 0.5) is 0 Å². The molecule has 3 N–H and O–H groups in total. The van der Waals surface area contributed by atoms with Gasteiger partial charge in [0, 0.05) is 23.2 Å². The second-order valence-electron chi connectivity index (χ2n) is 4.61. The number of hydrogen-bond donors (Lipinski definition) is 2. The van der Waals surface area contributed by atoms with Gasteiger partial charge in [-0.3, -0.25) is 4.79 Å². The molecule has 1 atom stereocenters. The van der Waals surface area contributed by atoms with Crippen LogP contribution in [0, 0.1) is 12.8 Å². The second kappa shape index (κ2) is 6.41. The number of nitrogens with one attached hydrogen (secondary N) is 1. The molecular formula is C13H18Cl2N2O. The first-order valence-corrected chi connectivity index (χ1v) is 6.26. The summed E-state index contributed by atoms with van der Waals surface area (Å²) in [6.45, 7) is 2.40. The molecule has 0 aliphatic heterocycles. The number of halogens is 2. The zero-order chi connectivity index (χ0) is 12.4. The molecule has 1 fully saturated rings. The lowest BCUT2D eigenvalue weighted by Crippen LogP contribution is -2.41. The average Bonchev–Trinajstić information content (AvgIpc) is 3.13. The number of benzene rings is 1. The van der Waals surface area contributed by atoms with Gasteiger partial charge in [-0.25, -0.2) is 0 Å². The first-order chi connectivity index (χ1) is 8.11. The van der Waals surface area contributed by atoms with Crippen molar-refractivity contribution in [3.8, 4) is 0 Å². The third-order valence-corrected chi connectivity index (χ3v) is 3.44. The van der Waals surface area contributed by atoms with E-state index in [0.717, 1.165) is 18.4 Å². The minimum atomic E-state index is -0.0765. The Balaban J connectivity index is 0.00000162. The zero-order valence-electron chi connectivity index (χ0n) is 10.3. The number of nitrogens with two attached hydrogens (primary N) is 1. The van der Waals surface area contributed by atoms with E-state index in [9.17, 15) is 4.79 Å². The summed E-state index contributed by atoms with van der Waals surface area (Å²) in [6, 6.07) is 5.44. The van der Waals surface area contributed by atoms with Crippen molar-refractivity contribution in [2.45, 2.75) is 25.8 Å². The molecule has 5 heteroatoms.